The first kappa shape index (κ1) is 10.1. The van der Waals surface area contributed by atoms with E-state index in [0.717, 1.165) is 0 Å². The van der Waals surface area contributed by atoms with Gasteiger partial charge in [0.25, 0.3) is 0 Å². The Bertz CT molecular complexity index is 490. The van der Waals surface area contributed by atoms with Crippen LogP contribution in [-0.2, 0) is 0 Å². The molecule has 0 N–H and O–H groups in total. The van der Waals surface area contributed by atoms with Gasteiger partial charge >= 0.3 is 0 Å². The summed E-state index contributed by atoms with van der Waals surface area (Å²) < 4.78 is 0. The number of rotatable bonds is 2. The smallest absolute Gasteiger partial charge is 0.171 e. The molecule has 0 aliphatic heterocycles. The van der Waals surface area contributed by atoms with Crippen LogP contribution in [0.2, 0.25) is 10.0 Å². The normalized spacial score (nSPS) is 10.3. The van der Waals surface area contributed by atoms with Crippen LogP contribution in [-0.4, -0.2) is 21.3 Å². The first-order chi connectivity index (χ1) is 7.19. The summed E-state index contributed by atoms with van der Waals surface area (Å²) in [6, 6.07) is 4.92. The van der Waals surface area contributed by atoms with Crippen LogP contribution in [0.25, 0.3) is 5.69 Å². The van der Waals surface area contributed by atoms with Crippen molar-refractivity contribution in [3.05, 3.63) is 40.1 Å². The van der Waals surface area contributed by atoms with E-state index in [1.54, 1.807) is 18.2 Å². The molecule has 0 saturated carbocycles. The fraction of sp³-hybridized carbons (Fsp3) is 0. The van der Waals surface area contributed by atoms with E-state index in [0.29, 0.717) is 22.0 Å². The highest BCUT2D eigenvalue weighted by Crippen LogP contribution is 2.20. The molecule has 0 unspecified atom stereocenters. The molecular formula is C9H5Cl2N3O. The van der Waals surface area contributed by atoms with Crippen molar-refractivity contribution in [1.29, 1.82) is 0 Å². The van der Waals surface area contributed by atoms with Crippen LogP contribution in [0.1, 0.15) is 10.5 Å². The summed E-state index contributed by atoms with van der Waals surface area (Å²) in [7, 11) is 0. The highest BCUT2D eigenvalue weighted by molar-refractivity contribution is 6.34. The molecule has 0 spiro atoms. The molecule has 6 heteroatoms. The molecule has 0 atom stereocenters. The number of aldehydes is 1. The maximum Gasteiger partial charge on any atom is 0.171 e. The lowest BCUT2D eigenvalue weighted by atomic mass is 10.3. The second-order valence-corrected chi connectivity index (χ2v) is 3.68. The Labute approximate surface area is 95.4 Å². The van der Waals surface area contributed by atoms with E-state index in [4.69, 9.17) is 23.2 Å². The van der Waals surface area contributed by atoms with Crippen molar-refractivity contribution >= 4 is 29.5 Å². The molecule has 0 aliphatic carbocycles. The van der Waals surface area contributed by atoms with Crippen LogP contribution in [0.3, 0.4) is 0 Å². The summed E-state index contributed by atoms with van der Waals surface area (Å²) in [5.74, 6) is 0. The number of aromatic nitrogens is 3. The Morgan fingerprint density at radius 2 is 1.87 bits per heavy atom. The van der Waals surface area contributed by atoms with Crippen molar-refractivity contribution in [2.24, 2.45) is 0 Å². The van der Waals surface area contributed by atoms with Gasteiger partial charge in [0, 0.05) is 10.0 Å². The van der Waals surface area contributed by atoms with Crippen molar-refractivity contribution in [3.8, 4) is 5.69 Å². The molecule has 76 valence electrons. The van der Waals surface area contributed by atoms with Gasteiger partial charge in [0.2, 0.25) is 0 Å². The Morgan fingerprint density at radius 1 is 1.20 bits per heavy atom. The molecule has 15 heavy (non-hydrogen) atoms. The van der Waals surface area contributed by atoms with Crippen LogP contribution in [0.5, 0.6) is 0 Å². The van der Waals surface area contributed by atoms with E-state index in [9.17, 15) is 4.79 Å². The zero-order chi connectivity index (χ0) is 10.8. The summed E-state index contributed by atoms with van der Waals surface area (Å²) in [6.45, 7) is 0. The number of benzene rings is 1. The van der Waals surface area contributed by atoms with Gasteiger partial charge in [-0.25, -0.2) is 0 Å². The molecule has 2 rings (SSSR count). The average molecular weight is 242 g/mol. The highest BCUT2D eigenvalue weighted by atomic mass is 35.5. The van der Waals surface area contributed by atoms with Crippen LogP contribution in [0.4, 0.5) is 0 Å². The van der Waals surface area contributed by atoms with Gasteiger partial charge in [0.1, 0.15) is 5.69 Å². The number of halogens is 2. The van der Waals surface area contributed by atoms with Crippen molar-refractivity contribution in [2.45, 2.75) is 0 Å². The summed E-state index contributed by atoms with van der Waals surface area (Å²) >= 11 is 11.6. The fourth-order valence-electron chi connectivity index (χ4n) is 1.11. The summed E-state index contributed by atoms with van der Waals surface area (Å²) in [5, 5.41) is 8.77. The number of hydrogen-bond acceptors (Lipinski definition) is 3. The largest absolute Gasteiger partial charge is 0.296 e. The second-order valence-electron chi connectivity index (χ2n) is 2.80. The molecule has 0 bridgehead atoms. The van der Waals surface area contributed by atoms with Gasteiger partial charge < -0.3 is 0 Å². The predicted molar refractivity (Wildman–Crippen MR) is 56.8 cm³/mol. The van der Waals surface area contributed by atoms with E-state index >= 15 is 0 Å². The number of hydrogen-bond donors (Lipinski definition) is 0. The lowest BCUT2D eigenvalue weighted by Crippen LogP contribution is -1.99. The van der Waals surface area contributed by atoms with E-state index in [2.05, 4.69) is 10.2 Å². The van der Waals surface area contributed by atoms with E-state index in [1.165, 1.54) is 11.0 Å². The molecule has 2 aromatic rings. The van der Waals surface area contributed by atoms with Gasteiger partial charge in [-0.1, -0.05) is 23.2 Å². The quantitative estimate of drug-likeness (QED) is 0.759. The van der Waals surface area contributed by atoms with Crippen LogP contribution in [0, 0.1) is 0 Å². The molecule has 1 heterocycles. The van der Waals surface area contributed by atoms with E-state index in [1.807, 2.05) is 0 Å². The Kier molecular flexibility index (Phi) is 2.70. The maximum absolute atomic E-state index is 10.4. The van der Waals surface area contributed by atoms with Gasteiger partial charge in [0.05, 0.1) is 11.9 Å². The minimum Gasteiger partial charge on any atom is -0.296 e. The van der Waals surface area contributed by atoms with Crippen LogP contribution in [0.15, 0.2) is 24.4 Å². The zero-order valence-corrected chi connectivity index (χ0v) is 8.90. The van der Waals surface area contributed by atoms with Crippen molar-refractivity contribution in [3.63, 3.8) is 0 Å². The highest BCUT2D eigenvalue weighted by Gasteiger charge is 2.04. The molecule has 0 saturated heterocycles. The summed E-state index contributed by atoms with van der Waals surface area (Å²) in [5.41, 5.74) is 0.867. The number of carbonyl (C=O) groups excluding carboxylic acids is 1. The lowest BCUT2D eigenvalue weighted by Gasteiger charge is -2.00. The molecule has 0 amide bonds. The third-order valence-electron chi connectivity index (χ3n) is 1.71. The summed E-state index contributed by atoms with van der Waals surface area (Å²) in [6.07, 6.45) is 1.98. The van der Waals surface area contributed by atoms with Crippen molar-refractivity contribution in [1.82, 2.24) is 15.0 Å². The fourth-order valence-corrected chi connectivity index (χ4v) is 1.62. The first-order valence-corrected chi connectivity index (χ1v) is 4.78. The molecule has 0 aliphatic rings. The standard InChI is InChI=1S/C9H5Cl2N3O/c10-6-1-7(11)3-9(2-6)14-12-4-8(5-15)13-14/h1-5H. The van der Waals surface area contributed by atoms with E-state index < -0.39 is 0 Å². The average Bonchev–Trinajstić information content (AvgIpc) is 2.64. The molecule has 0 fully saturated rings. The first-order valence-electron chi connectivity index (χ1n) is 4.03. The van der Waals surface area contributed by atoms with Gasteiger partial charge in [-0.2, -0.15) is 9.90 Å². The van der Waals surface area contributed by atoms with E-state index in [-0.39, 0.29) is 5.69 Å². The minimum atomic E-state index is 0.256. The van der Waals surface area contributed by atoms with Crippen LogP contribution >= 0.6 is 23.2 Å². The van der Waals surface area contributed by atoms with Crippen molar-refractivity contribution in [2.75, 3.05) is 0 Å². The molecule has 0 radical (unpaired) electrons. The number of nitrogens with zero attached hydrogens (tertiary/aromatic N) is 3. The van der Waals surface area contributed by atoms with Crippen LogP contribution < -0.4 is 0 Å². The maximum atomic E-state index is 10.4. The summed E-state index contributed by atoms with van der Waals surface area (Å²) in [4.78, 5) is 11.7. The van der Waals surface area contributed by atoms with Gasteiger partial charge in [-0.3, -0.25) is 4.79 Å². The number of carbonyl (C=O) groups is 1. The topological polar surface area (TPSA) is 47.8 Å². The Balaban J connectivity index is 2.48. The van der Waals surface area contributed by atoms with Gasteiger partial charge in [-0.15, -0.1) is 5.10 Å². The molecular weight excluding hydrogens is 237 g/mol. The molecule has 4 nitrogen and oxygen atoms in total. The SMILES string of the molecule is O=Cc1cnn(-c2cc(Cl)cc(Cl)c2)n1. The minimum absolute atomic E-state index is 0.256. The second kappa shape index (κ2) is 4.00. The van der Waals surface area contributed by atoms with Gasteiger partial charge in [-0.05, 0) is 18.2 Å². The zero-order valence-electron chi connectivity index (χ0n) is 7.39. The third-order valence-corrected chi connectivity index (χ3v) is 2.15. The third kappa shape index (κ3) is 2.16. The molecule has 1 aromatic heterocycles. The Hall–Kier alpha value is -1.39. The van der Waals surface area contributed by atoms with Gasteiger partial charge in [0.15, 0.2) is 6.29 Å². The molecule has 1 aromatic carbocycles. The monoisotopic (exact) mass is 241 g/mol. The van der Waals surface area contributed by atoms with Crippen molar-refractivity contribution < 1.29 is 4.79 Å². The lowest BCUT2D eigenvalue weighted by molar-refractivity contribution is 0.111. The predicted octanol–water partition coefficient (Wildman–Crippen LogP) is 2.39. The Morgan fingerprint density at radius 3 is 2.40 bits per heavy atom.